The number of nitrogens with one attached hydrogen (secondary N) is 2. The minimum atomic E-state index is -1.39. The number of nitrogens with zero attached hydrogens (tertiary/aromatic N) is 2. The minimum absolute atomic E-state index is 0. The van der Waals surface area contributed by atoms with Crippen molar-refractivity contribution in [2.75, 3.05) is 10.6 Å². The van der Waals surface area contributed by atoms with Crippen LogP contribution in [0.2, 0.25) is 0 Å². The van der Waals surface area contributed by atoms with Crippen molar-refractivity contribution in [3.63, 3.8) is 0 Å². The van der Waals surface area contributed by atoms with Gasteiger partial charge in [0.2, 0.25) is 0 Å². The van der Waals surface area contributed by atoms with E-state index >= 15 is 0 Å². The molecular weight excluding hydrogens is 1250 g/mol. The van der Waals surface area contributed by atoms with E-state index in [0.717, 1.165) is 22.5 Å². The van der Waals surface area contributed by atoms with Gasteiger partial charge in [0.05, 0.1) is 46.9 Å². The average molecular weight is 1340 g/mol. The number of benzene rings is 6. The number of carboxylic acid groups (broad SMARTS) is 2. The number of hydrogen-bond acceptors (Lipinski definition) is 10. The van der Waals surface area contributed by atoms with Crippen molar-refractivity contribution in [2.24, 2.45) is 0 Å². The summed E-state index contributed by atoms with van der Waals surface area (Å²) in [6, 6.07) is 49.4. The van der Waals surface area contributed by atoms with Gasteiger partial charge >= 0.3 is 83.2 Å². The van der Waals surface area contributed by atoms with Gasteiger partial charge in [-0.1, -0.05) is 125 Å². The Labute approximate surface area is 585 Å². The number of carbonyl (C=O) groups is 4. The van der Waals surface area contributed by atoms with Crippen molar-refractivity contribution in [1.82, 2.24) is 9.13 Å². The van der Waals surface area contributed by atoms with Gasteiger partial charge in [0.15, 0.2) is 0 Å². The molecule has 23 heteroatoms. The molecule has 0 aliphatic carbocycles. The summed E-state index contributed by atoms with van der Waals surface area (Å²) in [4.78, 5) is 49.8. The number of aliphatic hydroxyl groups excluding tert-OH is 4. The number of carboxylic acids is 2. The fourth-order valence-electron chi connectivity index (χ4n) is 10.4. The van der Waals surface area contributed by atoms with Crippen LogP contribution in [0.1, 0.15) is 113 Å². The molecule has 19 nitrogen and oxygen atoms in total. The molecule has 2 heterocycles. The molecule has 8 rings (SSSR count). The first-order chi connectivity index (χ1) is 39.3. The second-order valence-corrected chi connectivity index (χ2v) is 20.8. The van der Waals surface area contributed by atoms with Gasteiger partial charge < -0.3 is 90.2 Å². The third-order valence-electron chi connectivity index (χ3n) is 13.8. The van der Waals surface area contributed by atoms with E-state index in [9.17, 15) is 58.6 Å². The number of aromatic nitrogens is 2. The van der Waals surface area contributed by atoms with E-state index in [1.54, 1.807) is 48.5 Å². The van der Waals surface area contributed by atoms with Crippen LogP contribution >= 0.6 is 0 Å². The fourth-order valence-corrected chi connectivity index (χ4v) is 10.4. The number of halogens is 2. The zero-order valence-corrected chi connectivity index (χ0v) is 55.8. The Morgan fingerprint density at radius 2 is 0.730 bits per heavy atom. The molecule has 472 valence electrons. The van der Waals surface area contributed by atoms with Crippen LogP contribution in [0.3, 0.4) is 0 Å². The first-order valence-corrected chi connectivity index (χ1v) is 27.3. The van der Waals surface area contributed by atoms with Gasteiger partial charge in [0, 0.05) is 71.8 Å². The van der Waals surface area contributed by atoms with E-state index in [0.29, 0.717) is 56.1 Å². The third kappa shape index (κ3) is 22.7. The maximum absolute atomic E-state index is 14.0. The molecule has 4 atom stereocenters. The molecule has 0 bridgehead atoms. The zero-order chi connectivity index (χ0) is 59.0. The quantitative estimate of drug-likeness (QED) is 0.0424. The molecule has 0 saturated carbocycles. The van der Waals surface area contributed by atoms with Crippen LogP contribution in [0.15, 0.2) is 170 Å². The second kappa shape index (κ2) is 40.0. The number of amides is 2. The monoisotopic (exact) mass is 1330 g/mol. The molecule has 89 heavy (non-hydrogen) atoms. The summed E-state index contributed by atoms with van der Waals surface area (Å²) in [5.74, 6) is -4.41. The molecule has 6 aromatic carbocycles. The van der Waals surface area contributed by atoms with Crippen LogP contribution in [0.25, 0.3) is 44.8 Å². The molecule has 8 aromatic rings. The van der Waals surface area contributed by atoms with Crippen LogP contribution < -0.4 is 20.8 Å². The Hall–Kier alpha value is -6.00. The Balaban J connectivity index is -0.00000155. The van der Waals surface area contributed by atoms with Crippen LogP contribution in [0.4, 0.5) is 20.2 Å². The van der Waals surface area contributed by atoms with Gasteiger partial charge in [-0.3, -0.25) is 9.59 Å². The molecule has 2 aromatic heterocycles. The van der Waals surface area contributed by atoms with Gasteiger partial charge in [-0.25, -0.2) is 8.78 Å². The minimum Gasteiger partial charge on any atom is -1.00 e. The molecule has 0 unspecified atom stereocenters. The molecule has 2 amide bonds. The van der Waals surface area contributed by atoms with Gasteiger partial charge in [0.25, 0.3) is 11.8 Å². The summed E-state index contributed by atoms with van der Waals surface area (Å²) in [6.45, 7) is 8.45. The van der Waals surface area contributed by atoms with E-state index in [2.05, 4.69) is 10.6 Å². The van der Waals surface area contributed by atoms with E-state index < -0.39 is 60.8 Å². The van der Waals surface area contributed by atoms with Gasteiger partial charge in [0.1, 0.15) is 11.6 Å². The van der Waals surface area contributed by atoms with Crippen molar-refractivity contribution in [3.8, 4) is 44.8 Å². The van der Waals surface area contributed by atoms with E-state index in [1.807, 2.05) is 134 Å². The SMILES string of the molecule is CC(C)c1c(C(=O)Nc2ccccc2)c(-c2ccccc2)c(-c2ccc(F)cc2)n1CC[C@@H](O)C[C@@H](O)CC(=O)[O-].CC(C)c1c(C(=O)Nc2ccccc2)c(-c2ccccc2)c(-c2ccc(F)cc2)n1CC[C@@H](O)C[C@@H](O)CC(=O)[O-].O.O.O.O.O.[Ca+2].[H-].[H-].[Sr+2]. The number of rotatable bonds is 24. The number of anilines is 2. The molecular formula is C66H80CaF2N4O15Sr. The van der Waals surface area contributed by atoms with Crippen molar-refractivity contribution < 1.29 is 88.8 Å². The molecule has 0 radical (unpaired) electrons. The van der Waals surface area contributed by atoms with E-state index in [-0.39, 0.29) is 176 Å². The van der Waals surface area contributed by atoms with Gasteiger partial charge in [-0.15, -0.1) is 0 Å². The largest absolute Gasteiger partial charge is 2.00 e. The molecule has 16 N–H and O–H groups in total. The maximum Gasteiger partial charge on any atom is 2.00 e. The number of aliphatic hydroxyl groups is 4. The third-order valence-corrected chi connectivity index (χ3v) is 13.8. The molecule has 0 saturated heterocycles. The van der Waals surface area contributed by atoms with E-state index in [1.165, 1.54) is 24.3 Å². The number of para-hydroxylation sites is 2. The predicted molar refractivity (Wildman–Crippen MR) is 341 cm³/mol. The zero-order valence-electron chi connectivity index (χ0n) is 52.1. The average Bonchev–Trinajstić information content (AvgIpc) is 1.61. The summed E-state index contributed by atoms with van der Waals surface area (Å²) in [6.07, 6.45) is -5.54. The van der Waals surface area contributed by atoms with Crippen LogP contribution in [-0.2, 0) is 22.7 Å². The van der Waals surface area contributed by atoms with Crippen LogP contribution in [0.5, 0.6) is 0 Å². The normalized spacial score (nSPS) is 11.7. The van der Waals surface area contributed by atoms with Crippen LogP contribution in [-0.4, -0.2) is 188 Å². The van der Waals surface area contributed by atoms with Crippen molar-refractivity contribution in [2.45, 2.75) is 116 Å². The topological polar surface area (TPSA) is 387 Å². The smallest absolute Gasteiger partial charge is 1.00 e. The van der Waals surface area contributed by atoms with Gasteiger partial charge in [-0.2, -0.15) is 0 Å². The van der Waals surface area contributed by atoms with Gasteiger partial charge in [-0.05, 0) is 133 Å². The Bertz CT molecular complexity index is 3200. The Morgan fingerprint density at radius 3 is 1.00 bits per heavy atom. The van der Waals surface area contributed by atoms with Crippen molar-refractivity contribution in [3.05, 3.63) is 204 Å². The summed E-state index contributed by atoms with van der Waals surface area (Å²) in [5.41, 5.74) is 9.43. The Morgan fingerprint density at radius 1 is 0.449 bits per heavy atom. The standard InChI is InChI=1S/2C33H35FN2O5.Ca.5H2O.Sr.2H/c2*1-21(2)31-30(33(41)35-25-11-7-4-8-12-25)29(22-9-5-3-6-10-22)32(23-13-15-24(34)16-14-23)36(31)18-17-26(37)19-27(38)20-28(39)40;;;;;;;;;/h2*3-16,21,26-27,37-38H,17-20H2,1-2H3,(H,35,41)(H,39,40);;5*1H2;;;/q;;+2;;;;;;+2;2*-1/p-2/t2*26-,27-;;;;;;;;;/m11........./s1. The Kier molecular flexibility index (Phi) is 37.3. The molecule has 0 fully saturated rings. The second-order valence-electron chi connectivity index (χ2n) is 20.8. The summed E-state index contributed by atoms with van der Waals surface area (Å²) in [5, 5.41) is 69.2. The van der Waals surface area contributed by atoms with Crippen molar-refractivity contribution >= 4 is 118 Å². The summed E-state index contributed by atoms with van der Waals surface area (Å²) in [7, 11) is 0. The maximum atomic E-state index is 14.0. The first kappa shape index (κ1) is 83.0. The summed E-state index contributed by atoms with van der Waals surface area (Å²) < 4.78 is 32.0. The number of carbonyl (C=O) groups excluding carboxylic acids is 4. The number of aliphatic carboxylic acids is 2. The first-order valence-electron chi connectivity index (χ1n) is 27.3. The van der Waals surface area contributed by atoms with Crippen molar-refractivity contribution in [1.29, 1.82) is 0 Å². The molecule has 0 aliphatic rings. The number of hydrogen-bond donors (Lipinski definition) is 6. The molecule has 0 spiro atoms. The van der Waals surface area contributed by atoms with E-state index in [4.69, 9.17) is 0 Å². The molecule has 0 aliphatic heterocycles. The summed E-state index contributed by atoms with van der Waals surface area (Å²) >= 11 is 0. The predicted octanol–water partition coefficient (Wildman–Crippen LogP) is 5.30. The fraction of sp³-hybridized carbons (Fsp3) is 0.273. The van der Waals surface area contributed by atoms with Crippen LogP contribution in [0, 0.1) is 11.6 Å².